The van der Waals surface area contributed by atoms with Gasteiger partial charge in [0, 0.05) is 18.7 Å². The Morgan fingerprint density at radius 3 is 2.87 bits per heavy atom. The van der Waals surface area contributed by atoms with E-state index >= 15 is 0 Å². The van der Waals surface area contributed by atoms with E-state index in [-0.39, 0.29) is 0 Å². The minimum atomic E-state index is 0.561. The second-order valence-corrected chi connectivity index (χ2v) is 3.47. The van der Waals surface area contributed by atoms with Crippen LogP contribution in [0, 0.1) is 11.3 Å². The van der Waals surface area contributed by atoms with Gasteiger partial charge in [0.2, 0.25) is 0 Å². The zero-order valence-corrected chi connectivity index (χ0v) is 8.56. The summed E-state index contributed by atoms with van der Waals surface area (Å²) in [5.74, 6) is 1.03. The van der Waals surface area contributed by atoms with Crippen LogP contribution in [0.4, 0.5) is 0 Å². The third kappa shape index (κ3) is 2.16. The highest BCUT2D eigenvalue weighted by Crippen LogP contribution is 2.11. The summed E-state index contributed by atoms with van der Waals surface area (Å²) in [6, 6.07) is 12.3. The Hall–Kier alpha value is -1.82. The monoisotopic (exact) mass is 199 g/mol. The first kappa shape index (κ1) is 9.72. The standard InChI is InChI=1S/C12H13N3/c13-7-4-9-15-10-8-14-12(15)11-5-2-1-3-6-11/h1-3,5-6H,4,8-10H2. The Morgan fingerprint density at radius 2 is 2.13 bits per heavy atom. The summed E-state index contributed by atoms with van der Waals surface area (Å²) in [6.07, 6.45) is 0.561. The fourth-order valence-electron chi connectivity index (χ4n) is 1.75. The number of rotatable bonds is 3. The summed E-state index contributed by atoms with van der Waals surface area (Å²) < 4.78 is 0. The van der Waals surface area contributed by atoms with E-state index in [1.165, 1.54) is 0 Å². The van der Waals surface area contributed by atoms with Gasteiger partial charge in [-0.05, 0) is 0 Å². The average Bonchev–Trinajstić information content (AvgIpc) is 2.75. The molecule has 1 aliphatic rings. The molecule has 0 amide bonds. The zero-order chi connectivity index (χ0) is 10.5. The van der Waals surface area contributed by atoms with Gasteiger partial charge in [-0.2, -0.15) is 5.26 Å². The van der Waals surface area contributed by atoms with Gasteiger partial charge >= 0.3 is 0 Å². The number of nitriles is 1. The molecule has 0 aromatic heterocycles. The third-order valence-corrected chi connectivity index (χ3v) is 2.46. The summed E-state index contributed by atoms with van der Waals surface area (Å²) in [5.41, 5.74) is 1.15. The quantitative estimate of drug-likeness (QED) is 0.742. The third-order valence-electron chi connectivity index (χ3n) is 2.46. The molecule has 0 atom stereocenters. The van der Waals surface area contributed by atoms with Crippen molar-refractivity contribution in [3.8, 4) is 6.07 Å². The molecule has 1 aromatic rings. The molecule has 76 valence electrons. The molecule has 0 bridgehead atoms. The van der Waals surface area contributed by atoms with Gasteiger partial charge in [-0.25, -0.2) is 0 Å². The Kier molecular flexibility index (Phi) is 2.99. The molecule has 0 unspecified atom stereocenters. The molecule has 2 rings (SSSR count). The molecule has 0 spiro atoms. The fourth-order valence-corrected chi connectivity index (χ4v) is 1.75. The first-order valence-electron chi connectivity index (χ1n) is 5.13. The van der Waals surface area contributed by atoms with Gasteiger partial charge in [-0.3, -0.25) is 4.99 Å². The molecular weight excluding hydrogens is 186 g/mol. The van der Waals surface area contributed by atoms with Crippen LogP contribution < -0.4 is 0 Å². The lowest BCUT2D eigenvalue weighted by Gasteiger charge is -2.18. The van der Waals surface area contributed by atoms with Crippen LogP contribution in [0.15, 0.2) is 35.3 Å². The van der Waals surface area contributed by atoms with Crippen LogP contribution in [-0.2, 0) is 0 Å². The van der Waals surface area contributed by atoms with E-state index in [1.807, 2.05) is 18.2 Å². The van der Waals surface area contributed by atoms with Crippen LogP contribution in [0.1, 0.15) is 12.0 Å². The maximum absolute atomic E-state index is 8.57. The molecule has 1 aromatic carbocycles. The molecule has 0 fully saturated rings. The molecular formula is C12H13N3. The molecule has 1 aliphatic heterocycles. The normalized spacial score (nSPS) is 14.9. The van der Waals surface area contributed by atoms with Crippen LogP contribution >= 0.6 is 0 Å². The van der Waals surface area contributed by atoms with E-state index in [4.69, 9.17) is 5.26 Å². The van der Waals surface area contributed by atoms with Gasteiger partial charge in [0.05, 0.1) is 19.0 Å². The number of hydrogen-bond donors (Lipinski definition) is 0. The number of aliphatic imine (C=N–C) groups is 1. The lowest BCUT2D eigenvalue weighted by Crippen LogP contribution is -2.29. The molecule has 0 saturated heterocycles. The Balaban J connectivity index is 2.12. The van der Waals surface area contributed by atoms with Crippen molar-refractivity contribution in [2.24, 2.45) is 4.99 Å². The highest BCUT2D eigenvalue weighted by atomic mass is 15.2. The van der Waals surface area contributed by atoms with Crippen LogP contribution in [0.5, 0.6) is 0 Å². The van der Waals surface area contributed by atoms with E-state index in [9.17, 15) is 0 Å². The highest BCUT2D eigenvalue weighted by molar-refractivity contribution is 5.99. The van der Waals surface area contributed by atoms with Gasteiger partial charge in [-0.1, -0.05) is 30.3 Å². The second kappa shape index (κ2) is 4.61. The van der Waals surface area contributed by atoms with Crippen molar-refractivity contribution in [1.29, 1.82) is 5.26 Å². The van der Waals surface area contributed by atoms with Crippen molar-refractivity contribution < 1.29 is 0 Å². The van der Waals surface area contributed by atoms with Crippen molar-refractivity contribution in [2.75, 3.05) is 19.6 Å². The Labute approximate surface area is 89.7 Å². The van der Waals surface area contributed by atoms with Gasteiger partial charge in [0.15, 0.2) is 0 Å². The van der Waals surface area contributed by atoms with Crippen molar-refractivity contribution in [3.63, 3.8) is 0 Å². The van der Waals surface area contributed by atoms with Crippen LogP contribution in [0.25, 0.3) is 0 Å². The average molecular weight is 199 g/mol. The van der Waals surface area contributed by atoms with E-state index in [1.54, 1.807) is 0 Å². The summed E-state index contributed by atoms with van der Waals surface area (Å²) in [7, 11) is 0. The fraction of sp³-hybridized carbons (Fsp3) is 0.333. The summed E-state index contributed by atoms with van der Waals surface area (Å²) in [6.45, 7) is 2.56. The minimum Gasteiger partial charge on any atom is -0.354 e. The number of hydrogen-bond acceptors (Lipinski definition) is 3. The maximum Gasteiger partial charge on any atom is 0.131 e. The number of benzene rings is 1. The predicted octanol–water partition coefficient (Wildman–Crippen LogP) is 1.66. The van der Waals surface area contributed by atoms with Crippen molar-refractivity contribution in [3.05, 3.63) is 35.9 Å². The van der Waals surface area contributed by atoms with Crippen LogP contribution in [-0.4, -0.2) is 30.4 Å². The van der Waals surface area contributed by atoms with Crippen LogP contribution in [0.3, 0.4) is 0 Å². The maximum atomic E-state index is 8.57. The molecule has 0 N–H and O–H groups in total. The molecule has 15 heavy (non-hydrogen) atoms. The molecule has 3 heteroatoms. The van der Waals surface area contributed by atoms with E-state index in [0.717, 1.165) is 31.0 Å². The topological polar surface area (TPSA) is 39.4 Å². The molecule has 0 saturated carbocycles. The molecule has 1 heterocycles. The van der Waals surface area contributed by atoms with Gasteiger partial charge in [0.1, 0.15) is 5.84 Å². The summed E-state index contributed by atoms with van der Waals surface area (Å²) in [4.78, 5) is 6.65. The predicted molar refractivity (Wildman–Crippen MR) is 59.6 cm³/mol. The highest BCUT2D eigenvalue weighted by Gasteiger charge is 2.17. The van der Waals surface area contributed by atoms with E-state index in [2.05, 4.69) is 28.1 Å². The first-order valence-corrected chi connectivity index (χ1v) is 5.13. The lowest BCUT2D eigenvalue weighted by atomic mass is 10.2. The number of nitrogens with zero attached hydrogens (tertiary/aromatic N) is 3. The summed E-state index contributed by atoms with van der Waals surface area (Å²) in [5, 5.41) is 8.57. The second-order valence-electron chi connectivity index (χ2n) is 3.47. The van der Waals surface area contributed by atoms with Gasteiger partial charge < -0.3 is 4.90 Å². The molecule has 0 aliphatic carbocycles. The zero-order valence-electron chi connectivity index (χ0n) is 8.56. The SMILES string of the molecule is N#CCCN1CCN=C1c1ccccc1. The Bertz CT molecular complexity index is 389. The van der Waals surface area contributed by atoms with E-state index < -0.39 is 0 Å². The Morgan fingerprint density at radius 1 is 1.33 bits per heavy atom. The first-order chi connectivity index (χ1) is 7.42. The largest absolute Gasteiger partial charge is 0.354 e. The van der Waals surface area contributed by atoms with Crippen molar-refractivity contribution in [1.82, 2.24) is 4.90 Å². The van der Waals surface area contributed by atoms with Crippen LogP contribution in [0.2, 0.25) is 0 Å². The van der Waals surface area contributed by atoms with Crippen molar-refractivity contribution in [2.45, 2.75) is 6.42 Å². The minimum absolute atomic E-state index is 0.561. The number of amidine groups is 1. The lowest BCUT2D eigenvalue weighted by molar-refractivity contribution is 0.468. The smallest absolute Gasteiger partial charge is 0.131 e. The van der Waals surface area contributed by atoms with Gasteiger partial charge in [0.25, 0.3) is 0 Å². The summed E-state index contributed by atoms with van der Waals surface area (Å²) >= 11 is 0. The van der Waals surface area contributed by atoms with E-state index in [0.29, 0.717) is 6.42 Å². The van der Waals surface area contributed by atoms with Crippen molar-refractivity contribution >= 4 is 5.84 Å². The molecule has 0 radical (unpaired) electrons. The van der Waals surface area contributed by atoms with Gasteiger partial charge in [-0.15, -0.1) is 0 Å². The molecule has 3 nitrogen and oxygen atoms in total.